The van der Waals surface area contributed by atoms with Crippen LogP contribution >= 0.6 is 0 Å². The van der Waals surface area contributed by atoms with E-state index in [0.717, 1.165) is 6.42 Å². The van der Waals surface area contributed by atoms with E-state index in [1.54, 1.807) is 0 Å². The number of hydrogen-bond acceptors (Lipinski definition) is 1. The Kier molecular flexibility index (Phi) is 1.48. The van der Waals surface area contributed by atoms with Gasteiger partial charge in [0.2, 0.25) is 0 Å². The highest BCUT2D eigenvalue weighted by atomic mass is 16.4. The van der Waals surface area contributed by atoms with Crippen LogP contribution in [0.3, 0.4) is 0 Å². The molecule has 2 heteroatoms. The van der Waals surface area contributed by atoms with Crippen LogP contribution < -0.4 is 0 Å². The quantitative estimate of drug-likeness (QED) is 0.611. The molecule has 11 heavy (non-hydrogen) atoms. The van der Waals surface area contributed by atoms with Gasteiger partial charge in [0.25, 0.3) is 0 Å². The number of rotatable bonds is 2. The Bertz CT molecular complexity index is 208. The van der Waals surface area contributed by atoms with Crippen LogP contribution in [0.2, 0.25) is 0 Å². The summed E-state index contributed by atoms with van der Waals surface area (Å²) in [5.41, 5.74) is 0. The Morgan fingerprint density at radius 1 is 1.45 bits per heavy atom. The fraction of sp³-hybridized carbons (Fsp3) is 0.667. The number of carboxylic acid groups (broad SMARTS) is 1. The van der Waals surface area contributed by atoms with Crippen molar-refractivity contribution in [2.45, 2.75) is 19.3 Å². The van der Waals surface area contributed by atoms with Gasteiger partial charge in [-0.15, -0.1) is 0 Å². The van der Waals surface area contributed by atoms with Crippen LogP contribution in [0.4, 0.5) is 0 Å². The highest BCUT2D eigenvalue weighted by Gasteiger charge is 2.36. The van der Waals surface area contributed by atoms with Gasteiger partial charge in [-0.3, -0.25) is 4.79 Å². The van der Waals surface area contributed by atoms with E-state index in [2.05, 4.69) is 12.2 Å². The molecule has 1 saturated carbocycles. The normalized spacial score (nSPS) is 39.8. The van der Waals surface area contributed by atoms with Crippen LogP contribution in [-0.2, 0) is 4.79 Å². The SMILES string of the molecule is O=C(O)C[C@@H]1C[C@H]2C=C[C@H]1C2. The van der Waals surface area contributed by atoms with Crippen LogP contribution in [0.1, 0.15) is 19.3 Å². The molecule has 0 radical (unpaired) electrons. The average Bonchev–Trinajstić information content (AvgIpc) is 2.45. The van der Waals surface area contributed by atoms with Gasteiger partial charge in [0.15, 0.2) is 0 Å². The van der Waals surface area contributed by atoms with Crippen LogP contribution in [0.25, 0.3) is 0 Å². The molecule has 0 unspecified atom stereocenters. The second-order valence-corrected chi connectivity index (χ2v) is 3.64. The van der Waals surface area contributed by atoms with Crippen LogP contribution in [-0.4, -0.2) is 11.1 Å². The predicted octanol–water partition coefficient (Wildman–Crippen LogP) is 1.67. The molecule has 2 aliphatic rings. The van der Waals surface area contributed by atoms with Crippen LogP contribution in [0.5, 0.6) is 0 Å². The summed E-state index contributed by atoms with van der Waals surface area (Å²) in [5, 5.41) is 8.58. The molecule has 0 aromatic rings. The van der Waals surface area contributed by atoms with Crippen molar-refractivity contribution in [3.8, 4) is 0 Å². The largest absolute Gasteiger partial charge is 0.481 e. The molecule has 0 aromatic carbocycles. The molecule has 2 nitrogen and oxygen atoms in total. The summed E-state index contributed by atoms with van der Waals surface area (Å²) in [4.78, 5) is 10.4. The molecule has 0 amide bonds. The van der Waals surface area contributed by atoms with E-state index in [0.29, 0.717) is 24.2 Å². The third-order valence-corrected chi connectivity index (χ3v) is 2.85. The van der Waals surface area contributed by atoms with Crippen molar-refractivity contribution in [3.63, 3.8) is 0 Å². The predicted molar refractivity (Wildman–Crippen MR) is 41.1 cm³/mol. The lowest BCUT2D eigenvalue weighted by Gasteiger charge is -2.14. The fourth-order valence-corrected chi connectivity index (χ4v) is 2.35. The molecular weight excluding hydrogens is 140 g/mol. The molecule has 2 bridgehead atoms. The number of fused-ring (bicyclic) bond motifs is 2. The minimum absolute atomic E-state index is 0.367. The molecular formula is C9H12O2. The third kappa shape index (κ3) is 1.17. The lowest BCUT2D eigenvalue weighted by molar-refractivity contribution is -0.138. The minimum Gasteiger partial charge on any atom is -0.481 e. The highest BCUT2D eigenvalue weighted by Crippen LogP contribution is 2.44. The van der Waals surface area contributed by atoms with E-state index >= 15 is 0 Å². The van der Waals surface area contributed by atoms with Gasteiger partial charge in [-0.1, -0.05) is 12.2 Å². The van der Waals surface area contributed by atoms with E-state index in [-0.39, 0.29) is 0 Å². The zero-order chi connectivity index (χ0) is 7.84. The van der Waals surface area contributed by atoms with Gasteiger partial charge in [0.05, 0.1) is 0 Å². The molecule has 1 fully saturated rings. The summed E-state index contributed by atoms with van der Waals surface area (Å²) in [6, 6.07) is 0. The third-order valence-electron chi connectivity index (χ3n) is 2.85. The van der Waals surface area contributed by atoms with Gasteiger partial charge in [0, 0.05) is 6.42 Å². The van der Waals surface area contributed by atoms with E-state index in [4.69, 9.17) is 5.11 Å². The van der Waals surface area contributed by atoms with Crippen molar-refractivity contribution in [3.05, 3.63) is 12.2 Å². The minimum atomic E-state index is -0.643. The summed E-state index contributed by atoms with van der Waals surface area (Å²) in [6.45, 7) is 0. The molecule has 0 saturated heterocycles. The maximum Gasteiger partial charge on any atom is 0.303 e. The highest BCUT2D eigenvalue weighted by molar-refractivity contribution is 5.67. The summed E-state index contributed by atoms with van der Waals surface area (Å²) in [6.07, 6.45) is 7.11. The second-order valence-electron chi connectivity index (χ2n) is 3.64. The van der Waals surface area contributed by atoms with Crippen molar-refractivity contribution in [2.75, 3.05) is 0 Å². The van der Waals surface area contributed by atoms with Gasteiger partial charge in [0.1, 0.15) is 0 Å². The van der Waals surface area contributed by atoms with Crippen molar-refractivity contribution in [1.29, 1.82) is 0 Å². The molecule has 1 N–H and O–H groups in total. The topological polar surface area (TPSA) is 37.3 Å². The molecule has 2 rings (SSSR count). The Morgan fingerprint density at radius 2 is 2.27 bits per heavy atom. The van der Waals surface area contributed by atoms with Crippen LogP contribution in [0.15, 0.2) is 12.2 Å². The standard InChI is InChI=1S/C9H12O2/c10-9(11)5-8-4-6-1-2-7(8)3-6/h1-2,6-8H,3-5H2,(H,10,11)/t6-,7-,8-/m0/s1. The van der Waals surface area contributed by atoms with E-state index in [1.165, 1.54) is 6.42 Å². The molecule has 0 aromatic heterocycles. The summed E-state index contributed by atoms with van der Waals surface area (Å²) in [5.74, 6) is 1.07. The Labute approximate surface area is 65.9 Å². The monoisotopic (exact) mass is 152 g/mol. The maximum atomic E-state index is 10.4. The number of carbonyl (C=O) groups is 1. The smallest absolute Gasteiger partial charge is 0.303 e. The van der Waals surface area contributed by atoms with Gasteiger partial charge in [-0.2, -0.15) is 0 Å². The summed E-state index contributed by atoms with van der Waals surface area (Å²) in [7, 11) is 0. The van der Waals surface area contributed by atoms with E-state index < -0.39 is 5.97 Å². The molecule has 0 heterocycles. The summed E-state index contributed by atoms with van der Waals surface area (Å²) >= 11 is 0. The van der Waals surface area contributed by atoms with Crippen LogP contribution in [0, 0.1) is 17.8 Å². The van der Waals surface area contributed by atoms with Crippen molar-refractivity contribution in [1.82, 2.24) is 0 Å². The number of carboxylic acids is 1. The van der Waals surface area contributed by atoms with E-state index in [1.807, 2.05) is 0 Å². The molecule has 60 valence electrons. The maximum absolute atomic E-state index is 10.4. The van der Waals surface area contributed by atoms with E-state index in [9.17, 15) is 4.79 Å². The zero-order valence-corrected chi connectivity index (χ0v) is 6.36. The fourth-order valence-electron chi connectivity index (χ4n) is 2.35. The average molecular weight is 152 g/mol. The number of hydrogen-bond donors (Lipinski definition) is 1. The molecule has 0 spiro atoms. The van der Waals surface area contributed by atoms with Gasteiger partial charge >= 0.3 is 5.97 Å². The lowest BCUT2D eigenvalue weighted by atomic mass is 9.91. The summed E-state index contributed by atoms with van der Waals surface area (Å²) < 4.78 is 0. The first kappa shape index (κ1) is 6.89. The van der Waals surface area contributed by atoms with Gasteiger partial charge in [-0.25, -0.2) is 0 Å². The second kappa shape index (κ2) is 2.36. The first-order valence-electron chi connectivity index (χ1n) is 4.16. The Balaban J connectivity index is 1.98. The Morgan fingerprint density at radius 3 is 2.73 bits per heavy atom. The van der Waals surface area contributed by atoms with Crippen molar-refractivity contribution < 1.29 is 9.90 Å². The first-order valence-corrected chi connectivity index (χ1v) is 4.16. The molecule has 2 aliphatic carbocycles. The van der Waals surface area contributed by atoms with Crippen molar-refractivity contribution in [2.24, 2.45) is 17.8 Å². The lowest BCUT2D eigenvalue weighted by Crippen LogP contribution is -2.11. The number of allylic oxidation sites excluding steroid dienone is 2. The van der Waals surface area contributed by atoms with Gasteiger partial charge < -0.3 is 5.11 Å². The van der Waals surface area contributed by atoms with Crippen molar-refractivity contribution >= 4 is 5.97 Å². The van der Waals surface area contributed by atoms with Gasteiger partial charge in [-0.05, 0) is 30.6 Å². The zero-order valence-electron chi connectivity index (χ0n) is 6.36. The Hall–Kier alpha value is -0.790. The first-order chi connectivity index (χ1) is 5.25. The number of aliphatic carboxylic acids is 1. The molecule has 0 aliphatic heterocycles. The molecule has 3 atom stereocenters.